The van der Waals surface area contributed by atoms with E-state index in [9.17, 15) is 9.59 Å². The summed E-state index contributed by atoms with van der Waals surface area (Å²) in [4.78, 5) is 34.3. The second kappa shape index (κ2) is 8.84. The Labute approximate surface area is 202 Å². The Morgan fingerprint density at radius 2 is 1.91 bits per heavy atom. The molecule has 1 aliphatic rings. The summed E-state index contributed by atoms with van der Waals surface area (Å²) in [5, 5.41) is 1.38. The van der Waals surface area contributed by atoms with Crippen molar-refractivity contribution >= 4 is 55.2 Å². The van der Waals surface area contributed by atoms with Gasteiger partial charge >= 0.3 is 0 Å². The first kappa shape index (κ1) is 21.4. The van der Waals surface area contributed by atoms with Crippen molar-refractivity contribution in [3.05, 3.63) is 85.4 Å². The molecule has 0 unspecified atom stereocenters. The summed E-state index contributed by atoms with van der Waals surface area (Å²) < 4.78 is 2.77. The highest BCUT2D eigenvalue weighted by molar-refractivity contribution is 9.10. The molecule has 0 radical (unpaired) electrons. The third-order valence-electron chi connectivity index (χ3n) is 5.58. The molecular formula is C24H20BrN3O2S2. The highest BCUT2D eigenvalue weighted by atomic mass is 79.9. The Balaban J connectivity index is 1.62. The van der Waals surface area contributed by atoms with Crippen LogP contribution in [-0.4, -0.2) is 26.9 Å². The lowest BCUT2D eigenvalue weighted by Crippen LogP contribution is -2.34. The number of aromatic nitrogens is 2. The first-order chi connectivity index (χ1) is 15.5. The van der Waals surface area contributed by atoms with E-state index in [1.54, 1.807) is 23.3 Å². The van der Waals surface area contributed by atoms with Crippen LogP contribution >= 0.6 is 39.0 Å². The molecule has 32 heavy (non-hydrogen) atoms. The van der Waals surface area contributed by atoms with Crippen LogP contribution in [0.25, 0.3) is 15.9 Å². The van der Waals surface area contributed by atoms with Crippen molar-refractivity contribution in [3.8, 4) is 5.69 Å². The maximum atomic E-state index is 13.8. The normalized spacial score (nSPS) is 13.4. The molecule has 8 heteroatoms. The van der Waals surface area contributed by atoms with Crippen molar-refractivity contribution in [2.24, 2.45) is 0 Å². The molecule has 0 saturated carbocycles. The van der Waals surface area contributed by atoms with Gasteiger partial charge in [-0.3, -0.25) is 14.2 Å². The van der Waals surface area contributed by atoms with Gasteiger partial charge in [0.2, 0.25) is 5.91 Å². The number of halogens is 1. The van der Waals surface area contributed by atoms with E-state index in [-0.39, 0.29) is 11.5 Å². The topological polar surface area (TPSA) is 55.2 Å². The smallest absolute Gasteiger partial charge is 0.267 e. The van der Waals surface area contributed by atoms with E-state index in [4.69, 9.17) is 4.98 Å². The van der Waals surface area contributed by atoms with Gasteiger partial charge in [0.05, 0.1) is 17.6 Å². The van der Waals surface area contributed by atoms with Crippen LogP contribution in [0.3, 0.4) is 0 Å². The molecule has 1 aliphatic heterocycles. The SMILES string of the molecule is CC(=O)N1CCc2c(sc3nc(SCc4ccc(Br)cc4)n(-c4ccccc4)c(=O)c23)C1. The Hall–Kier alpha value is -2.42. The molecule has 0 spiro atoms. The standard InChI is InChI=1S/C24H20BrN3O2S2/c1-15(29)27-12-11-19-20(13-27)32-22-21(19)23(30)28(18-5-3-2-4-6-18)24(26-22)31-14-16-7-9-17(25)10-8-16/h2-10H,11-14H2,1H3. The van der Waals surface area contributed by atoms with Crippen LogP contribution < -0.4 is 5.56 Å². The number of rotatable bonds is 4. The zero-order valence-corrected chi connectivity index (χ0v) is 20.6. The monoisotopic (exact) mass is 525 g/mol. The van der Waals surface area contributed by atoms with E-state index in [0.29, 0.717) is 35.8 Å². The third kappa shape index (κ3) is 4.02. The number of fused-ring (bicyclic) bond motifs is 3. The van der Waals surface area contributed by atoms with Crippen molar-refractivity contribution in [1.29, 1.82) is 0 Å². The minimum atomic E-state index is -0.0340. The van der Waals surface area contributed by atoms with Gasteiger partial charge in [0.25, 0.3) is 5.56 Å². The van der Waals surface area contributed by atoms with Crippen LogP contribution in [0, 0.1) is 0 Å². The molecular weight excluding hydrogens is 506 g/mol. The van der Waals surface area contributed by atoms with Gasteiger partial charge in [-0.2, -0.15) is 0 Å². The predicted octanol–water partition coefficient (Wildman–Crippen LogP) is 5.41. The average Bonchev–Trinajstić information content (AvgIpc) is 3.17. The van der Waals surface area contributed by atoms with E-state index in [0.717, 1.165) is 31.0 Å². The van der Waals surface area contributed by atoms with Gasteiger partial charge in [0.15, 0.2) is 5.16 Å². The van der Waals surface area contributed by atoms with E-state index in [2.05, 4.69) is 28.1 Å². The molecule has 3 heterocycles. The van der Waals surface area contributed by atoms with Crippen LogP contribution in [-0.2, 0) is 23.5 Å². The summed E-state index contributed by atoms with van der Waals surface area (Å²) in [6, 6.07) is 17.9. The third-order valence-corrected chi connectivity index (χ3v) is 8.23. The number of hydrogen-bond donors (Lipinski definition) is 0. The Kier molecular flexibility index (Phi) is 5.92. The maximum Gasteiger partial charge on any atom is 0.267 e. The fraction of sp³-hybridized carbons (Fsp3) is 0.208. The number of thiophene rings is 1. The molecule has 5 rings (SSSR count). The summed E-state index contributed by atoms with van der Waals surface area (Å²) in [5.74, 6) is 0.773. The number of carbonyl (C=O) groups excluding carboxylic acids is 1. The van der Waals surface area contributed by atoms with Crippen LogP contribution in [0.15, 0.2) is 69.0 Å². The lowest BCUT2D eigenvalue weighted by molar-refractivity contribution is -0.129. The first-order valence-corrected chi connectivity index (χ1v) is 12.9. The van der Waals surface area contributed by atoms with Crippen molar-refractivity contribution in [2.45, 2.75) is 30.8 Å². The zero-order chi connectivity index (χ0) is 22.2. The Morgan fingerprint density at radius 3 is 2.62 bits per heavy atom. The molecule has 2 aromatic heterocycles. The zero-order valence-electron chi connectivity index (χ0n) is 17.4. The van der Waals surface area contributed by atoms with Gasteiger partial charge in [-0.15, -0.1) is 11.3 Å². The molecule has 4 aromatic rings. The highest BCUT2D eigenvalue weighted by Crippen LogP contribution is 2.35. The lowest BCUT2D eigenvalue weighted by Gasteiger charge is -2.25. The maximum absolute atomic E-state index is 13.8. The average molecular weight is 526 g/mol. The van der Waals surface area contributed by atoms with E-state index < -0.39 is 0 Å². The first-order valence-electron chi connectivity index (χ1n) is 10.3. The number of carbonyl (C=O) groups is 1. The largest absolute Gasteiger partial charge is 0.337 e. The molecule has 0 N–H and O–H groups in total. The second-order valence-electron chi connectivity index (χ2n) is 7.66. The van der Waals surface area contributed by atoms with Gasteiger partial charge in [-0.1, -0.05) is 58.0 Å². The van der Waals surface area contributed by atoms with Gasteiger partial charge < -0.3 is 4.90 Å². The van der Waals surface area contributed by atoms with Gasteiger partial charge in [-0.05, 0) is 41.8 Å². The fourth-order valence-corrected chi connectivity index (χ4v) is 6.43. The van der Waals surface area contributed by atoms with Gasteiger partial charge in [0, 0.05) is 28.6 Å². The molecule has 2 aromatic carbocycles. The predicted molar refractivity (Wildman–Crippen MR) is 134 cm³/mol. The summed E-state index contributed by atoms with van der Waals surface area (Å²) in [5.41, 5.74) is 2.99. The molecule has 0 atom stereocenters. The van der Waals surface area contributed by atoms with Gasteiger partial charge in [-0.25, -0.2) is 4.98 Å². The Morgan fingerprint density at radius 1 is 1.16 bits per heavy atom. The number of amides is 1. The molecule has 0 saturated heterocycles. The van der Waals surface area contributed by atoms with Crippen LogP contribution in [0.1, 0.15) is 22.9 Å². The minimum absolute atomic E-state index is 0.0340. The summed E-state index contributed by atoms with van der Waals surface area (Å²) in [6.07, 6.45) is 0.687. The van der Waals surface area contributed by atoms with E-state index in [1.165, 1.54) is 11.3 Å². The fourth-order valence-electron chi connectivity index (χ4n) is 3.92. The van der Waals surface area contributed by atoms with Crippen molar-refractivity contribution < 1.29 is 4.79 Å². The highest BCUT2D eigenvalue weighted by Gasteiger charge is 2.26. The van der Waals surface area contributed by atoms with Gasteiger partial charge in [0.1, 0.15) is 4.83 Å². The molecule has 162 valence electrons. The summed E-state index contributed by atoms with van der Waals surface area (Å²) in [7, 11) is 0. The summed E-state index contributed by atoms with van der Waals surface area (Å²) in [6.45, 7) is 2.78. The summed E-state index contributed by atoms with van der Waals surface area (Å²) >= 11 is 6.57. The van der Waals surface area contributed by atoms with Crippen LogP contribution in [0.4, 0.5) is 0 Å². The van der Waals surface area contributed by atoms with Crippen molar-refractivity contribution in [3.63, 3.8) is 0 Å². The molecule has 1 amide bonds. The van der Waals surface area contributed by atoms with E-state index >= 15 is 0 Å². The quantitative estimate of drug-likeness (QED) is 0.264. The van der Waals surface area contributed by atoms with Crippen LogP contribution in [0.2, 0.25) is 0 Å². The number of hydrogen-bond acceptors (Lipinski definition) is 5. The number of para-hydroxylation sites is 1. The molecule has 0 fully saturated rings. The van der Waals surface area contributed by atoms with Crippen LogP contribution in [0.5, 0.6) is 0 Å². The lowest BCUT2D eigenvalue weighted by atomic mass is 10.1. The number of benzene rings is 2. The number of nitrogens with zero attached hydrogens (tertiary/aromatic N) is 3. The van der Waals surface area contributed by atoms with E-state index in [1.807, 2.05) is 47.4 Å². The second-order valence-corrected chi connectivity index (χ2v) is 10.6. The minimum Gasteiger partial charge on any atom is -0.337 e. The Bertz CT molecular complexity index is 1360. The van der Waals surface area contributed by atoms with Crippen molar-refractivity contribution in [2.75, 3.05) is 6.54 Å². The molecule has 0 aliphatic carbocycles. The molecule has 0 bridgehead atoms. The van der Waals surface area contributed by atoms with Crippen molar-refractivity contribution in [1.82, 2.24) is 14.5 Å². The number of thioether (sulfide) groups is 1. The molecule has 5 nitrogen and oxygen atoms in total.